The zero-order chi connectivity index (χ0) is 27.9. The number of para-hydroxylation sites is 1. The molecule has 5 N–H and O–H groups in total. The van der Waals surface area contributed by atoms with Crippen LogP contribution in [-0.2, 0) is 28.1 Å². The van der Waals surface area contributed by atoms with Gasteiger partial charge in [-0.3, -0.25) is 23.7 Å². The summed E-state index contributed by atoms with van der Waals surface area (Å²) in [5.74, 6) is -0.550. The maximum absolute atomic E-state index is 13.9. The van der Waals surface area contributed by atoms with Crippen molar-refractivity contribution < 1.29 is 37.7 Å². The third kappa shape index (κ3) is 5.29. The van der Waals surface area contributed by atoms with Crippen LogP contribution in [0.5, 0.6) is 5.75 Å². The molecule has 0 amide bonds. The quantitative estimate of drug-likeness (QED) is 0.200. The van der Waals surface area contributed by atoms with E-state index in [0.717, 1.165) is 0 Å². The van der Waals surface area contributed by atoms with Gasteiger partial charge in [0.25, 0.3) is 5.56 Å². The summed E-state index contributed by atoms with van der Waals surface area (Å²) in [5.41, 5.74) is 3.87. The highest BCUT2D eigenvalue weighted by Crippen LogP contribution is 2.50. The average Bonchev–Trinajstić information content (AvgIpc) is 3.52. The topological polar surface area (TPSA) is 202 Å². The van der Waals surface area contributed by atoms with Gasteiger partial charge >= 0.3 is 13.7 Å². The van der Waals surface area contributed by atoms with E-state index in [1.165, 1.54) is 17.8 Å². The number of hydrogen-bond donors (Lipinski definition) is 4. The summed E-state index contributed by atoms with van der Waals surface area (Å²) in [4.78, 5) is 35.2. The second-order valence-electron chi connectivity index (χ2n) is 9.58. The molecule has 2 bridgehead atoms. The van der Waals surface area contributed by atoms with Gasteiger partial charge in [-0.2, -0.15) is 10.1 Å². The highest BCUT2D eigenvalue weighted by atomic mass is 31.2. The Morgan fingerprint density at radius 1 is 1.36 bits per heavy atom. The molecule has 2 aliphatic rings. The number of hydrogen-bond acceptors (Lipinski definition) is 12. The summed E-state index contributed by atoms with van der Waals surface area (Å²) in [7, 11) is -4.23. The fourth-order valence-electron chi connectivity index (χ4n) is 4.40. The molecule has 5 rings (SSSR count). The van der Waals surface area contributed by atoms with Gasteiger partial charge in [0.2, 0.25) is 5.95 Å². The molecule has 1 aromatic carbocycles. The Bertz CT molecular complexity index is 1460. The van der Waals surface area contributed by atoms with Gasteiger partial charge in [-0.1, -0.05) is 18.2 Å². The first-order chi connectivity index (χ1) is 18.5. The van der Waals surface area contributed by atoms with E-state index in [0.29, 0.717) is 0 Å². The van der Waals surface area contributed by atoms with Crippen LogP contribution in [0.15, 0.2) is 41.5 Å². The van der Waals surface area contributed by atoms with Crippen molar-refractivity contribution in [1.82, 2.24) is 24.6 Å². The third-order valence-electron chi connectivity index (χ3n) is 6.24. The first-order valence-corrected chi connectivity index (χ1v) is 13.7. The Balaban J connectivity index is 1.38. The van der Waals surface area contributed by atoms with Crippen LogP contribution < -0.4 is 20.9 Å². The first-order valence-electron chi connectivity index (χ1n) is 12.2. The number of aliphatic hydroxyl groups excluding tert-OH is 1. The van der Waals surface area contributed by atoms with E-state index in [1.54, 1.807) is 44.2 Å². The molecule has 16 heteroatoms. The second-order valence-corrected chi connectivity index (χ2v) is 11.3. The molecule has 210 valence electrons. The Labute approximate surface area is 222 Å². The van der Waals surface area contributed by atoms with Crippen LogP contribution >= 0.6 is 7.75 Å². The molecule has 2 unspecified atom stereocenters. The number of carbonyl (C=O) groups excluding carboxylic acids is 1. The highest BCUT2D eigenvalue weighted by Gasteiger charge is 2.63. The molecule has 3 aromatic rings. The van der Waals surface area contributed by atoms with E-state index in [2.05, 4.69) is 20.0 Å². The van der Waals surface area contributed by atoms with Gasteiger partial charge in [-0.15, -0.1) is 0 Å². The molecule has 0 radical (unpaired) electrons. The van der Waals surface area contributed by atoms with Gasteiger partial charge < -0.3 is 29.6 Å². The number of rotatable bonds is 10. The molecule has 0 saturated carbocycles. The second kappa shape index (κ2) is 10.3. The van der Waals surface area contributed by atoms with E-state index in [9.17, 15) is 19.3 Å². The predicted molar refractivity (Wildman–Crippen MR) is 136 cm³/mol. The zero-order valence-electron chi connectivity index (χ0n) is 21.3. The number of aliphatic hydroxyl groups is 1. The average molecular weight is 564 g/mol. The Morgan fingerprint density at radius 3 is 2.82 bits per heavy atom. The molecule has 0 spiro atoms. The van der Waals surface area contributed by atoms with Crippen LogP contribution in [0.4, 0.5) is 5.95 Å². The number of nitrogens with one attached hydrogen (secondary N) is 2. The van der Waals surface area contributed by atoms with Gasteiger partial charge in [-0.05, 0) is 32.9 Å². The fraction of sp³-hybridized carbons (Fsp3) is 0.478. The van der Waals surface area contributed by atoms with Crippen molar-refractivity contribution in [2.75, 3.05) is 18.9 Å². The first kappa shape index (κ1) is 27.2. The van der Waals surface area contributed by atoms with Crippen molar-refractivity contribution in [3.63, 3.8) is 0 Å². The smallest absolute Gasteiger partial charge is 0.459 e. The van der Waals surface area contributed by atoms with Gasteiger partial charge in [0.15, 0.2) is 17.4 Å². The molecule has 39 heavy (non-hydrogen) atoms. The minimum atomic E-state index is -4.23. The number of benzene rings is 1. The van der Waals surface area contributed by atoms with E-state index in [4.69, 9.17) is 29.0 Å². The molecule has 6 atom stereocenters. The van der Waals surface area contributed by atoms with Crippen molar-refractivity contribution in [1.29, 1.82) is 0 Å². The van der Waals surface area contributed by atoms with Crippen LogP contribution in [0.3, 0.4) is 0 Å². The standard InChI is InChI=1S/C23H29N6O9P/c1-12(2)36-21(32)13(3)28-39(33,38-14-7-5-4-6-8-14)35-10-23-9-34-16(17(23)30)20(37-23)29-11-25-15-18(29)26-22(24)27-19(15)31/h4-8,11-13,16-17,20,30H,9-10H2,1-3H3,(H,28,33)(H3,24,26,27,31)/t13-,16-,17+,20?,23-,39?/m1/s1. The number of nitrogen functional groups attached to an aromatic ring is 1. The number of anilines is 1. The largest absolute Gasteiger partial charge is 0.462 e. The number of nitrogens with zero attached hydrogens (tertiary/aromatic N) is 3. The molecule has 0 aliphatic carbocycles. The maximum Gasteiger partial charge on any atom is 0.459 e. The van der Waals surface area contributed by atoms with Crippen LogP contribution in [-0.4, -0.2) is 73.8 Å². The third-order valence-corrected chi connectivity index (χ3v) is 7.86. The lowest BCUT2D eigenvalue weighted by molar-refractivity contribution is -0.183. The molecule has 4 heterocycles. The van der Waals surface area contributed by atoms with Gasteiger partial charge in [0.05, 0.1) is 25.6 Å². The van der Waals surface area contributed by atoms with Crippen molar-refractivity contribution in [3.8, 4) is 5.75 Å². The Morgan fingerprint density at radius 2 is 2.10 bits per heavy atom. The lowest BCUT2D eigenvalue weighted by Crippen LogP contribution is -2.46. The number of aromatic nitrogens is 4. The Hall–Kier alpha value is -3.33. The molecule has 2 fully saturated rings. The number of fused-ring (bicyclic) bond motifs is 3. The summed E-state index contributed by atoms with van der Waals surface area (Å²) < 4.78 is 43.9. The summed E-state index contributed by atoms with van der Waals surface area (Å²) in [6.45, 7) is 4.32. The monoisotopic (exact) mass is 564 g/mol. The van der Waals surface area contributed by atoms with Crippen LogP contribution in [0.25, 0.3) is 11.2 Å². The predicted octanol–water partition coefficient (Wildman–Crippen LogP) is 0.863. The number of ether oxygens (including phenoxy) is 3. The number of carbonyl (C=O) groups is 1. The number of aromatic amines is 1. The normalized spacial score (nSPS) is 26.5. The van der Waals surface area contributed by atoms with Crippen molar-refractivity contribution in [3.05, 3.63) is 47.0 Å². The van der Waals surface area contributed by atoms with Crippen LogP contribution in [0, 0.1) is 0 Å². The lowest BCUT2D eigenvalue weighted by Gasteiger charge is -2.32. The van der Waals surface area contributed by atoms with Gasteiger partial charge in [0, 0.05) is 0 Å². The van der Waals surface area contributed by atoms with E-state index in [-0.39, 0.29) is 35.6 Å². The highest BCUT2D eigenvalue weighted by molar-refractivity contribution is 7.52. The molecule has 15 nitrogen and oxygen atoms in total. The van der Waals surface area contributed by atoms with Gasteiger partial charge in [0.1, 0.15) is 29.6 Å². The summed E-state index contributed by atoms with van der Waals surface area (Å²) in [5, 5.41) is 13.7. The minimum absolute atomic E-state index is 0.0302. The lowest BCUT2D eigenvalue weighted by atomic mass is 10.0. The van der Waals surface area contributed by atoms with E-state index in [1.807, 2.05) is 0 Å². The van der Waals surface area contributed by atoms with E-state index >= 15 is 0 Å². The number of esters is 1. The minimum Gasteiger partial charge on any atom is -0.462 e. The fourth-order valence-corrected chi connectivity index (χ4v) is 5.94. The number of nitrogens with two attached hydrogens (primary N) is 1. The molecule has 2 aliphatic heterocycles. The number of imidazole rings is 1. The van der Waals surface area contributed by atoms with Crippen molar-refractivity contribution >= 4 is 30.8 Å². The summed E-state index contributed by atoms with van der Waals surface area (Å²) >= 11 is 0. The van der Waals surface area contributed by atoms with Crippen LogP contribution in [0.2, 0.25) is 0 Å². The zero-order valence-corrected chi connectivity index (χ0v) is 22.2. The van der Waals surface area contributed by atoms with Crippen LogP contribution in [0.1, 0.15) is 27.0 Å². The summed E-state index contributed by atoms with van der Waals surface area (Å²) in [6, 6.07) is 7.20. The van der Waals surface area contributed by atoms with Crippen molar-refractivity contribution in [2.24, 2.45) is 0 Å². The van der Waals surface area contributed by atoms with Gasteiger partial charge in [-0.25, -0.2) is 9.55 Å². The maximum atomic E-state index is 13.9. The van der Waals surface area contributed by atoms with Crippen molar-refractivity contribution in [2.45, 2.75) is 57.0 Å². The summed E-state index contributed by atoms with van der Waals surface area (Å²) in [6.07, 6.45) is -2.10. The van der Waals surface area contributed by atoms with E-state index < -0.39 is 56.0 Å². The molecule has 2 saturated heterocycles. The SMILES string of the molecule is CC(C)OC(=O)[C@@H](C)NP(=O)(OC[C@@]12CO[C@@H](C(n3cnc4c(=O)[nH]c(N)nc43)O1)[C@@H]2O)Oc1ccccc1. The molecular formula is C23H29N6O9P. The Kier molecular flexibility index (Phi) is 7.22. The molecular weight excluding hydrogens is 535 g/mol. The number of H-pyrrole nitrogens is 1. The molecule has 2 aromatic heterocycles.